The summed E-state index contributed by atoms with van der Waals surface area (Å²) in [7, 11) is 0. The van der Waals surface area contributed by atoms with Gasteiger partial charge in [0.2, 0.25) is 0 Å². The third-order valence-electron chi connectivity index (χ3n) is 5.65. The zero-order valence-corrected chi connectivity index (χ0v) is 19.9. The Kier molecular flexibility index (Phi) is 5.83. The van der Waals surface area contributed by atoms with E-state index in [9.17, 15) is 4.79 Å². The molecule has 0 unspecified atom stereocenters. The molecule has 1 fully saturated rings. The maximum absolute atomic E-state index is 12.7. The van der Waals surface area contributed by atoms with Crippen molar-refractivity contribution in [3.05, 3.63) is 105 Å². The van der Waals surface area contributed by atoms with E-state index in [0.29, 0.717) is 15.1 Å². The molecular formula is C27H22ClN3OS. The summed E-state index contributed by atoms with van der Waals surface area (Å²) in [5, 5.41) is 5.20. The van der Waals surface area contributed by atoms with Gasteiger partial charge < -0.3 is 9.88 Å². The predicted molar refractivity (Wildman–Crippen MR) is 139 cm³/mol. The van der Waals surface area contributed by atoms with Crippen LogP contribution in [0.1, 0.15) is 22.3 Å². The van der Waals surface area contributed by atoms with E-state index in [1.165, 1.54) is 22.9 Å². The molecule has 0 bridgehead atoms. The SMILES string of the molecule is Cc1cccc(Cn2cc(/C=C3\SC(=Nc4cccc(Cl)c4C)NC3=O)c3ccccc32)c1. The molecule has 0 spiro atoms. The molecule has 164 valence electrons. The lowest BCUT2D eigenvalue weighted by molar-refractivity contribution is -0.115. The van der Waals surface area contributed by atoms with Crippen molar-refractivity contribution in [2.75, 3.05) is 0 Å². The first kappa shape index (κ1) is 21.6. The number of carbonyl (C=O) groups is 1. The van der Waals surface area contributed by atoms with Crippen LogP contribution in [-0.2, 0) is 11.3 Å². The molecule has 3 aromatic carbocycles. The smallest absolute Gasteiger partial charge is 0.264 e. The second kappa shape index (κ2) is 8.93. The summed E-state index contributed by atoms with van der Waals surface area (Å²) in [6.45, 7) is 4.79. The molecule has 33 heavy (non-hydrogen) atoms. The number of hydrogen-bond donors (Lipinski definition) is 1. The summed E-state index contributed by atoms with van der Waals surface area (Å²) in [6.07, 6.45) is 4.06. The molecule has 1 saturated heterocycles. The summed E-state index contributed by atoms with van der Waals surface area (Å²) in [5.74, 6) is -0.144. The second-order valence-corrected chi connectivity index (χ2v) is 9.52. The number of aryl methyl sites for hydroxylation is 1. The molecule has 2 heterocycles. The standard InChI is InChI=1S/C27H22ClN3OS/c1-17-7-5-8-19(13-17)15-31-16-20(21-9-3-4-12-24(21)31)14-25-26(32)30-27(33-25)29-23-11-6-10-22(28)18(23)2/h3-14,16H,15H2,1-2H3,(H,29,30,32)/b25-14-. The van der Waals surface area contributed by atoms with Crippen molar-refractivity contribution in [3.8, 4) is 0 Å². The summed E-state index contributed by atoms with van der Waals surface area (Å²) < 4.78 is 2.23. The van der Waals surface area contributed by atoms with Crippen molar-refractivity contribution in [1.29, 1.82) is 0 Å². The van der Waals surface area contributed by atoms with Crippen LogP contribution in [0.2, 0.25) is 5.02 Å². The predicted octanol–water partition coefficient (Wildman–Crippen LogP) is 6.85. The monoisotopic (exact) mass is 471 g/mol. The maximum Gasteiger partial charge on any atom is 0.264 e. The summed E-state index contributed by atoms with van der Waals surface area (Å²) in [4.78, 5) is 17.9. The van der Waals surface area contributed by atoms with E-state index in [4.69, 9.17) is 11.6 Å². The Balaban J connectivity index is 1.48. The number of hydrogen-bond acceptors (Lipinski definition) is 3. The van der Waals surface area contributed by atoms with E-state index in [0.717, 1.165) is 34.3 Å². The number of thioether (sulfide) groups is 1. The lowest BCUT2D eigenvalue weighted by atomic mass is 10.1. The number of nitrogens with zero attached hydrogens (tertiary/aromatic N) is 2. The van der Waals surface area contributed by atoms with Crippen LogP contribution in [0.25, 0.3) is 17.0 Å². The topological polar surface area (TPSA) is 46.4 Å². The van der Waals surface area contributed by atoms with Gasteiger partial charge in [-0.3, -0.25) is 4.79 Å². The second-order valence-electron chi connectivity index (χ2n) is 8.08. The number of aliphatic imine (C=N–C) groups is 1. The fourth-order valence-corrected chi connectivity index (χ4v) is 4.97. The molecule has 6 heteroatoms. The first-order valence-corrected chi connectivity index (χ1v) is 11.9. The summed E-state index contributed by atoms with van der Waals surface area (Å²) >= 11 is 7.56. The van der Waals surface area contributed by atoms with Crippen LogP contribution in [0.3, 0.4) is 0 Å². The van der Waals surface area contributed by atoms with Gasteiger partial charge in [0.25, 0.3) is 5.91 Å². The fraction of sp³-hybridized carbons (Fsp3) is 0.111. The van der Waals surface area contributed by atoms with Crippen molar-refractivity contribution in [1.82, 2.24) is 9.88 Å². The summed E-state index contributed by atoms with van der Waals surface area (Å²) in [5.41, 5.74) is 6.27. The molecule has 1 amide bonds. The molecule has 5 rings (SSSR count). The number of amidine groups is 1. The number of fused-ring (bicyclic) bond motifs is 1. The highest BCUT2D eigenvalue weighted by molar-refractivity contribution is 8.18. The molecule has 4 nitrogen and oxygen atoms in total. The number of benzene rings is 3. The third kappa shape index (κ3) is 4.47. The minimum Gasteiger partial charge on any atom is -0.342 e. The van der Waals surface area contributed by atoms with E-state index < -0.39 is 0 Å². The van der Waals surface area contributed by atoms with Crippen LogP contribution in [0.4, 0.5) is 5.69 Å². The molecule has 0 radical (unpaired) electrons. The first-order chi connectivity index (χ1) is 16.0. The normalized spacial score (nSPS) is 16.2. The van der Waals surface area contributed by atoms with Crippen molar-refractivity contribution in [2.24, 2.45) is 4.99 Å². The molecule has 1 aliphatic rings. The van der Waals surface area contributed by atoms with Crippen LogP contribution >= 0.6 is 23.4 Å². The van der Waals surface area contributed by atoms with Crippen molar-refractivity contribution in [2.45, 2.75) is 20.4 Å². The van der Waals surface area contributed by atoms with Gasteiger partial charge in [-0.2, -0.15) is 0 Å². The zero-order chi connectivity index (χ0) is 22.9. The Morgan fingerprint density at radius 1 is 1.06 bits per heavy atom. The molecule has 0 atom stereocenters. The number of amides is 1. The van der Waals surface area contributed by atoms with Crippen LogP contribution < -0.4 is 5.32 Å². The van der Waals surface area contributed by atoms with Crippen molar-refractivity contribution in [3.63, 3.8) is 0 Å². The number of halogens is 1. The van der Waals surface area contributed by atoms with E-state index in [2.05, 4.69) is 64.4 Å². The van der Waals surface area contributed by atoms with E-state index in [1.54, 1.807) is 0 Å². The number of nitrogens with one attached hydrogen (secondary N) is 1. The number of para-hydroxylation sites is 1. The molecular weight excluding hydrogens is 450 g/mol. The van der Waals surface area contributed by atoms with Gasteiger partial charge >= 0.3 is 0 Å². The van der Waals surface area contributed by atoms with Crippen molar-refractivity contribution < 1.29 is 4.79 Å². The Bertz CT molecular complexity index is 1450. The van der Waals surface area contributed by atoms with Crippen molar-refractivity contribution >= 4 is 57.1 Å². The van der Waals surface area contributed by atoms with Gasteiger partial charge in [0.1, 0.15) is 0 Å². The molecule has 0 aliphatic carbocycles. The lowest BCUT2D eigenvalue weighted by Gasteiger charge is -2.06. The van der Waals surface area contributed by atoms with Crippen LogP contribution in [0, 0.1) is 13.8 Å². The number of aromatic nitrogens is 1. The highest BCUT2D eigenvalue weighted by atomic mass is 35.5. The minimum absolute atomic E-state index is 0.144. The third-order valence-corrected chi connectivity index (χ3v) is 6.97. The van der Waals surface area contributed by atoms with E-state index in [-0.39, 0.29) is 5.91 Å². The van der Waals surface area contributed by atoms with Crippen LogP contribution in [0.15, 0.2) is 82.8 Å². The Labute approximate surface area is 202 Å². The van der Waals surface area contributed by atoms with Crippen LogP contribution in [-0.4, -0.2) is 15.6 Å². The molecule has 4 aromatic rings. The fourth-order valence-electron chi connectivity index (χ4n) is 3.98. The van der Waals surface area contributed by atoms with Gasteiger partial charge in [-0.25, -0.2) is 4.99 Å². The average molecular weight is 472 g/mol. The van der Waals surface area contributed by atoms with Gasteiger partial charge in [0, 0.05) is 34.2 Å². The molecule has 1 aliphatic heterocycles. The van der Waals surface area contributed by atoms with Gasteiger partial charge in [-0.1, -0.05) is 65.7 Å². The van der Waals surface area contributed by atoms with E-state index >= 15 is 0 Å². The highest BCUT2D eigenvalue weighted by Gasteiger charge is 2.24. The molecule has 0 saturated carbocycles. The average Bonchev–Trinajstić information content (AvgIpc) is 3.31. The number of carbonyl (C=O) groups excluding carboxylic acids is 1. The zero-order valence-electron chi connectivity index (χ0n) is 18.3. The van der Waals surface area contributed by atoms with Gasteiger partial charge in [-0.15, -0.1) is 0 Å². The number of rotatable bonds is 4. The Hall–Kier alpha value is -3.28. The largest absolute Gasteiger partial charge is 0.342 e. The maximum atomic E-state index is 12.7. The molecule has 1 aromatic heterocycles. The first-order valence-electron chi connectivity index (χ1n) is 10.7. The lowest BCUT2D eigenvalue weighted by Crippen LogP contribution is -2.19. The van der Waals surface area contributed by atoms with Gasteiger partial charge in [-0.05, 0) is 61.0 Å². The van der Waals surface area contributed by atoms with E-state index in [1.807, 2.05) is 43.3 Å². The Morgan fingerprint density at radius 2 is 1.88 bits per heavy atom. The van der Waals surface area contributed by atoms with Crippen LogP contribution in [0.5, 0.6) is 0 Å². The minimum atomic E-state index is -0.144. The summed E-state index contributed by atoms with van der Waals surface area (Å²) in [6, 6.07) is 22.4. The van der Waals surface area contributed by atoms with Gasteiger partial charge in [0.05, 0.1) is 10.6 Å². The Morgan fingerprint density at radius 3 is 2.73 bits per heavy atom. The van der Waals surface area contributed by atoms with Gasteiger partial charge in [0.15, 0.2) is 5.17 Å². The highest BCUT2D eigenvalue weighted by Crippen LogP contribution is 2.33. The molecule has 1 N–H and O–H groups in total. The quantitative estimate of drug-likeness (QED) is 0.331.